The number of fused-ring (bicyclic) bond motifs is 1. The zero-order valence-corrected chi connectivity index (χ0v) is 22.1. The molecule has 4 nitrogen and oxygen atoms in total. The maximum absolute atomic E-state index is 13.6. The minimum Gasteiger partial charge on any atom is -0.361 e. The largest absolute Gasteiger partial charge is 0.361 e. The van der Waals surface area contributed by atoms with Gasteiger partial charge in [-0.15, -0.1) is 0 Å². The van der Waals surface area contributed by atoms with Gasteiger partial charge in [0, 0.05) is 67.2 Å². The predicted molar refractivity (Wildman–Crippen MR) is 154 cm³/mol. The number of hydrogen-bond donors (Lipinski definition) is 1. The first kappa shape index (κ1) is 25.3. The van der Waals surface area contributed by atoms with E-state index in [0.717, 1.165) is 44.7 Å². The molecule has 3 aromatic carbocycles. The average molecular weight is 512 g/mol. The number of H-pyrrole nitrogens is 1. The van der Waals surface area contributed by atoms with Crippen molar-refractivity contribution in [2.45, 2.75) is 25.7 Å². The molecule has 0 saturated carbocycles. The van der Waals surface area contributed by atoms with Crippen LogP contribution in [0.5, 0.6) is 0 Å². The maximum Gasteiger partial charge on any atom is 0.223 e. The van der Waals surface area contributed by atoms with Crippen LogP contribution in [0.4, 0.5) is 0 Å². The zero-order valence-electron chi connectivity index (χ0n) is 21.4. The summed E-state index contributed by atoms with van der Waals surface area (Å²) < 4.78 is 0. The molecule has 5 heteroatoms. The van der Waals surface area contributed by atoms with Crippen molar-refractivity contribution in [2.24, 2.45) is 0 Å². The topological polar surface area (TPSA) is 39.3 Å². The number of hydrogen-bond acceptors (Lipinski definition) is 2. The quantitative estimate of drug-likeness (QED) is 0.284. The van der Waals surface area contributed by atoms with Crippen molar-refractivity contribution in [2.75, 3.05) is 32.7 Å². The molecule has 190 valence electrons. The molecule has 1 aliphatic heterocycles. The van der Waals surface area contributed by atoms with Crippen molar-refractivity contribution in [3.63, 3.8) is 0 Å². The number of amides is 1. The number of rotatable bonds is 8. The minimum absolute atomic E-state index is 0.0301. The lowest BCUT2D eigenvalue weighted by Gasteiger charge is -2.35. The van der Waals surface area contributed by atoms with Gasteiger partial charge in [0.15, 0.2) is 0 Å². The van der Waals surface area contributed by atoms with Crippen molar-refractivity contribution >= 4 is 34.5 Å². The van der Waals surface area contributed by atoms with Crippen molar-refractivity contribution in [1.29, 1.82) is 0 Å². The molecule has 1 fully saturated rings. The van der Waals surface area contributed by atoms with Gasteiger partial charge in [-0.2, -0.15) is 0 Å². The summed E-state index contributed by atoms with van der Waals surface area (Å²) in [5.74, 6) is 0.179. The number of carbonyl (C=O) groups is 1. The molecule has 0 radical (unpaired) electrons. The van der Waals surface area contributed by atoms with Crippen LogP contribution in [0.15, 0.2) is 85.1 Å². The molecule has 1 unspecified atom stereocenters. The molecule has 0 bridgehead atoms. The Morgan fingerprint density at radius 2 is 1.73 bits per heavy atom. The smallest absolute Gasteiger partial charge is 0.223 e. The SMILES string of the molecule is CCc1cccc2c(C(CC(=O)N3CCN(C/C=C/c4ccccc4)CC3)c3ccc(Cl)cc3)c[nH]c12. The first-order valence-corrected chi connectivity index (χ1v) is 13.6. The predicted octanol–water partition coefficient (Wildman–Crippen LogP) is 6.76. The number of piperazine rings is 1. The highest BCUT2D eigenvalue weighted by atomic mass is 35.5. The highest BCUT2D eigenvalue weighted by molar-refractivity contribution is 6.30. The molecule has 0 spiro atoms. The molecule has 1 saturated heterocycles. The number of aryl methyl sites for hydroxylation is 1. The van der Waals surface area contributed by atoms with Gasteiger partial charge in [-0.25, -0.2) is 0 Å². The van der Waals surface area contributed by atoms with E-state index in [9.17, 15) is 4.79 Å². The average Bonchev–Trinajstić information content (AvgIpc) is 3.37. The van der Waals surface area contributed by atoms with Crippen LogP contribution in [0.3, 0.4) is 0 Å². The van der Waals surface area contributed by atoms with E-state index in [2.05, 4.69) is 89.8 Å². The van der Waals surface area contributed by atoms with Crippen LogP contribution >= 0.6 is 11.6 Å². The Morgan fingerprint density at radius 3 is 2.46 bits per heavy atom. The van der Waals surface area contributed by atoms with E-state index in [1.807, 2.05) is 23.1 Å². The van der Waals surface area contributed by atoms with Crippen molar-refractivity contribution in [3.05, 3.63) is 112 Å². The summed E-state index contributed by atoms with van der Waals surface area (Å²) in [4.78, 5) is 21.5. The molecule has 0 aliphatic carbocycles. The number of aromatic nitrogens is 1. The van der Waals surface area contributed by atoms with Crippen LogP contribution in [0, 0.1) is 0 Å². The number of benzene rings is 3. The van der Waals surface area contributed by atoms with Gasteiger partial charge in [0.1, 0.15) is 0 Å². The van der Waals surface area contributed by atoms with E-state index in [4.69, 9.17) is 11.6 Å². The van der Waals surface area contributed by atoms with Gasteiger partial charge >= 0.3 is 0 Å². The second-order valence-corrected chi connectivity index (χ2v) is 10.2. The molecule has 1 aromatic heterocycles. The summed E-state index contributed by atoms with van der Waals surface area (Å²) in [6, 6.07) is 24.8. The molecular weight excluding hydrogens is 478 g/mol. The van der Waals surface area contributed by atoms with Gasteiger partial charge in [0.05, 0.1) is 0 Å². The van der Waals surface area contributed by atoms with Crippen LogP contribution in [0.2, 0.25) is 5.02 Å². The Kier molecular flexibility index (Phi) is 8.08. The number of nitrogens with one attached hydrogen (secondary N) is 1. The molecule has 1 amide bonds. The lowest BCUT2D eigenvalue weighted by Crippen LogP contribution is -2.48. The Hall–Kier alpha value is -3.34. The minimum atomic E-state index is -0.0301. The fraction of sp³-hybridized carbons (Fsp3) is 0.281. The van der Waals surface area contributed by atoms with Gasteiger partial charge in [-0.05, 0) is 40.8 Å². The first-order valence-electron chi connectivity index (χ1n) is 13.2. The zero-order chi connectivity index (χ0) is 25.6. The lowest BCUT2D eigenvalue weighted by molar-refractivity contribution is -0.133. The van der Waals surface area contributed by atoms with Crippen LogP contribution in [0.1, 0.15) is 41.5 Å². The molecule has 1 N–H and O–H groups in total. The van der Waals surface area contributed by atoms with Crippen LogP contribution in [0.25, 0.3) is 17.0 Å². The fourth-order valence-electron chi connectivity index (χ4n) is 5.31. The summed E-state index contributed by atoms with van der Waals surface area (Å²) >= 11 is 6.20. The molecule has 37 heavy (non-hydrogen) atoms. The van der Waals surface area contributed by atoms with Crippen molar-refractivity contribution in [1.82, 2.24) is 14.8 Å². The summed E-state index contributed by atoms with van der Waals surface area (Å²) in [6.07, 6.45) is 7.88. The van der Waals surface area contributed by atoms with E-state index < -0.39 is 0 Å². The third kappa shape index (κ3) is 5.98. The molecule has 1 atom stereocenters. The fourth-order valence-corrected chi connectivity index (χ4v) is 5.44. The van der Waals surface area contributed by atoms with E-state index in [1.165, 1.54) is 27.6 Å². The van der Waals surface area contributed by atoms with Gasteiger partial charge < -0.3 is 9.88 Å². The Morgan fingerprint density at radius 1 is 0.973 bits per heavy atom. The Balaban J connectivity index is 1.28. The van der Waals surface area contributed by atoms with Gasteiger partial charge in [-0.1, -0.05) is 91.3 Å². The lowest BCUT2D eigenvalue weighted by atomic mass is 9.87. The van der Waals surface area contributed by atoms with Crippen molar-refractivity contribution < 1.29 is 4.79 Å². The highest BCUT2D eigenvalue weighted by Crippen LogP contribution is 2.35. The number of aromatic amines is 1. The normalized spacial score (nSPS) is 15.5. The Bertz CT molecular complexity index is 1350. The molecule has 2 heterocycles. The monoisotopic (exact) mass is 511 g/mol. The van der Waals surface area contributed by atoms with Crippen molar-refractivity contribution in [3.8, 4) is 0 Å². The van der Waals surface area contributed by atoms with Gasteiger partial charge in [0.2, 0.25) is 5.91 Å². The highest BCUT2D eigenvalue weighted by Gasteiger charge is 2.26. The van der Waals surface area contributed by atoms with Crippen LogP contribution in [-0.2, 0) is 11.2 Å². The first-order chi connectivity index (χ1) is 18.1. The second kappa shape index (κ2) is 11.8. The third-order valence-electron chi connectivity index (χ3n) is 7.44. The third-order valence-corrected chi connectivity index (χ3v) is 7.69. The van der Waals surface area contributed by atoms with E-state index >= 15 is 0 Å². The summed E-state index contributed by atoms with van der Waals surface area (Å²) in [7, 11) is 0. The van der Waals surface area contributed by atoms with E-state index in [0.29, 0.717) is 11.4 Å². The maximum atomic E-state index is 13.6. The summed E-state index contributed by atoms with van der Waals surface area (Å²) in [5, 5.41) is 1.90. The number of halogens is 1. The summed E-state index contributed by atoms with van der Waals surface area (Å²) in [6.45, 7) is 6.39. The Labute approximate surface area is 224 Å². The van der Waals surface area contributed by atoms with E-state index in [-0.39, 0.29) is 11.8 Å². The molecule has 1 aliphatic rings. The van der Waals surface area contributed by atoms with Gasteiger partial charge in [-0.3, -0.25) is 9.69 Å². The van der Waals surface area contributed by atoms with Gasteiger partial charge in [0.25, 0.3) is 0 Å². The standard InChI is InChI=1S/C32H34ClN3O/c1-2-25-11-6-12-28-30(23-34-32(25)28)29(26-13-15-27(33)16-14-26)22-31(37)36-20-18-35(19-21-36)17-7-10-24-8-4-3-5-9-24/h3-16,23,29,34H,2,17-22H2,1H3/b10-7+. The summed E-state index contributed by atoms with van der Waals surface area (Å²) in [5.41, 5.74) is 5.97. The van der Waals surface area contributed by atoms with E-state index in [1.54, 1.807) is 0 Å². The van der Waals surface area contributed by atoms with Crippen LogP contribution in [-0.4, -0.2) is 53.4 Å². The number of nitrogens with zero attached hydrogens (tertiary/aromatic N) is 2. The number of carbonyl (C=O) groups excluding carboxylic acids is 1. The molecule has 5 rings (SSSR count). The number of para-hydroxylation sites is 1. The molecule has 4 aromatic rings. The second-order valence-electron chi connectivity index (χ2n) is 9.74. The molecular formula is C32H34ClN3O. The van der Waals surface area contributed by atoms with Crippen LogP contribution < -0.4 is 0 Å².